The van der Waals surface area contributed by atoms with E-state index in [1.165, 1.54) is 19.3 Å². The van der Waals surface area contributed by atoms with Crippen molar-refractivity contribution in [3.8, 4) is 0 Å². The minimum absolute atomic E-state index is 0. The highest BCUT2D eigenvalue weighted by atomic mass is 35.5. The fourth-order valence-electron chi connectivity index (χ4n) is 2.38. The maximum atomic E-state index is 11.7. The Morgan fingerprint density at radius 3 is 2.35 bits per heavy atom. The molecule has 5 heteroatoms. The molecule has 0 radical (unpaired) electrons. The van der Waals surface area contributed by atoms with Crippen LogP contribution in [-0.2, 0) is 17.9 Å². The van der Waals surface area contributed by atoms with E-state index in [1.54, 1.807) is 0 Å². The molecule has 2 rings (SSSR count). The van der Waals surface area contributed by atoms with Gasteiger partial charge in [-0.1, -0.05) is 43.5 Å². The quantitative estimate of drug-likeness (QED) is 0.897. The fourth-order valence-corrected chi connectivity index (χ4v) is 2.38. The zero-order chi connectivity index (χ0) is 13.5. The molecule has 1 aromatic rings. The van der Waals surface area contributed by atoms with Crippen LogP contribution in [0.3, 0.4) is 0 Å². The normalized spacial score (nSPS) is 15.2. The van der Waals surface area contributed by atoms with Gasteiger partial charge in [0.2, 0.25) is 0 Å². The number of benzene rings is 1. The molecule has 3 N–H and O–H groups in total. The average molecular weight is 299 g/mol. The van der Waals surface area contributed by atoms with E-state index < -0.39 is 0 Å². The SMILES string of the molecule is Cl.NCc1ccc(COC(=O)NC2CCCCC2)cc1. The Bertz CT molecular complexity index is 403. The zero-order valence-corrected chi connectivity index (χ0v) is 12.5. The standard InChI is InChI=1S/C15H22N2O2.ClH/c16-10-12-6-8-13(9-7-12)11-19-15(18)17-14-4-2-1-3-5-14;/h6-9,14H,1-5,10-11,16H2,(H,17,18);1H. The van der Waals surface area contributed by atoms with Crippen molar-refractivity contribution in [2.75, 3.05) is 0 Å². The maximum Gasteiger partial charge on any atom is 0.407 e. The van der Waals surface area contributed by atoms with E-state index in [1.807, 2.05) is 24.3 Å². The Labute approximate surface area is 126 Å². The first kappa shape index (κ1) is 16.8. The lowest BCUT2D eigenvalue weighted by Crippen LogP contribution is -2.36. The predicted octanol–water partition coefficient (Wildman–Crippen LogP) is 3.13. The van der Waals surface area contributed by atoms with E-state index in [0.717, 1.165) is 24.0 Å². The van der Waals surface area contributed by atoms with Crippen LogP contribution in [0, 0.1) is 0 Å². The first-order valence-electron chi connectivity index (χ1n) is 6.99. The number of nitrogens with two attached hydrogens (primary N) is 1. The first-order chi connectivity index (χ1) is 9.28. The minimum atomic E-state index is -0.310. The Morgan fingerprint density at radius 1 is 1.15 bits per heavy atom. The number of hydrogen-bond donors (Lipinski definition) is 2. The molecule has 1 aromatic carbocycles. The Hall–Kier alpha value is -1.26. The Morgan fingerprint density at radius 2 is 1.75 bits per heavy atom. The average Bonchev–Trinajstić information content (AvgIpc) is 2.47. The zero-order valence-electron chi connectivity index (χ0n) is 11.6. The van der Waals surface area contributed by atoms with Gasteiger partial charge in [-0.2, -0.15) is 0 Å². The van der Waals surface area contributed by atoms with Crippen LogP contribution in [0.2, 0.25) is 0 Å². The summed E-state index contributed by atoms with van der Waals surface area (Å²) in [6, 6.07) is 8.09. The largest absolute Gasteiger partial charge is 0.445 e. The van der Waals surface area contributed by atoms with Crippen molar-refractivity contribution in [3.63, 3.8) is 0 Å². The molecular weight excluding hydrogens is 276 g/mol. The molecule has 1 saturated carbocycles. The van der Waals surface area contributed by atoms with Crippen molar-refractivity contribution in [3.05, 3.63) is 35.4 Å². The smallest absolute Gasteiger partial charge is 0.407 e. The number of halogens is 1. The predicted molar refractivity (Wildman–Crippen MR) is 81.8 cm³/mol. The lowest BCUT2D eigenvalue weighted by Gasteiger charge is -2.22. The first-order valence-corrected chi connectivity index (χ1v) is 6.99. The molecule has 1 aliphatic rings. The summed E-state index contributed by atoms with van der Waals surface area (Å²) in [5.74, 6) is 0. The number of carbonyl (C=O) groups excluding carboxylic acids is 1. The summed E-state index contributed by atoms with van der Waals surface area (Å²) in [5, 5.41) is 2.93. The van der Waals surface area contributed by atoms with Crippen LogP contribution in [0.25, 0.3) is 0 Å². The van der Waals surface area contributed by atoms with Gasteiger partial charge in [-0.25, -0.2) is 4.79 Å². The van der Waals surface area contributed by atoms with Gasteiger partial charge in [0.1, 0.15) is 6.61 Å². The maximum absolute atomic E-state index is 11.7. The number of carbonyl (C=O) groups is 1. The van der Waals surface area contributed by atoms with Crippen molar-refractivity contribution < 1.29 is 9.53 Å². The highest BCUT2D eigenvalue weighted by Crippen LogP contribution is 2.17. The molecule has 1 aliphatic carbocycles. The highest BCUT2D eigenvalue weighted by molar-refractivity contribution is 5.85. The number of amides is 1. The van der Waals surface area contributed by atoms with Crippen LogP contribution < -0.4 is 11.1 Å². The molecule has 0 saturated heterocycles. The van der Waals surface area contributed by atoms with Gasteiger partial charge in [0.25, 0.3) is 0 Å². The topological polar surface area (TPSA) is 64.3 Å². The van der Waals surface area contributed by atoms with Crippen LogP contribution in [0.4, 0.5) is 4.79 Å². The third-order valence-corrected chi connectivity index (χ3v) is 3.56. The summed E-state index contributed by atoms with van der Waals surface area (Å²) in [4.78, 5) is 11.7. The van der Waals surface area contributed by atoms with Gasteiger partial charge >= 0.3 is 6.09 Å². The van der Waals surface area contributed by atoms with Crippen LogP contribution in [0.15, 0.2) is 24.3 Å². The lowest BCUT2D eigenvalue weighted by molar-refractivity contribution is 0.133. The van der Waals surface area contributed by atoms with Crippen LogP contribution in [0.1, 0.15) is 43.2 Å². The van der Waals surface area contributed by atoms with Crippen LogP contribution in [-0.4, -0.2) is 12.1 Å². The number of nitrogens with one attached hydrogen (secondary N) is 1. The molecule has 0 unspecified atom stereocenters. The van der Waals surface area contributed by atoms with Crippen LogP contribution in [0.5, 0.6) is 0 Å². The van der Waals surface area contributed by atoms with Gasteiger partial charge < -0.3 is 15.8 Å². The van der Waals surface area contributed by atoms with Gasteiger partial charge in [0.15, 0.2) is 0 Å². The van der Waals surface area contributed by atoms with Crippen molar-refractivity contribution in [1.29, 1.82) is 0 Å². The van der Waals surface area contributed by atoms with Gasteiger partial charge in [0, 0.05) is 12.6 Å². The molecule has 0 spiro atoms. The third kappa shape index (κ3) is 5.39. The second-order valence-corrected chi connectivity index (χ2v) is 5.08. The number of ether oxygens (including phenoxy) is 1. The molecule has 1 amide bonds. The second-order valence-electron chi connectivity index (χ2n) is 5.08. The van der Waals surface area contributed by atoms with Crippen molar-refractivity contribution in [2.45, 2.75) is 51.3 Å². The Balaban J connectivity index is 0.00000200. The summed E-state index contributed by atoms with van der Waals surface area (Å²) in [6.45, 7) is 0.840. The van der Waals surface area contributed by atoms with E-state index in [2.05, 4.69) is 5.32 Å². The van der Waals surface area contributed by atoms with Crippen LogP contribution >= 0.6 is 12.4 Å². The number of alkyl carbamates (subject to hydrolysis) is 1. The molecule has 4 nitrogen and oxygen atoms in total. The molecule has 0 atom stereocenters. The lowest BCUT2D eigenvalue weighted by atomic mass is 9.96. The molecule has 112 valence electrons. The van der Waals surface area contributed by atoms with E-state index in [9.17, 15) is 4.79 Å². The summed E-state index contributed by atoms with van der Waals surface area (Å²) >= 11 is 0. The second kappa shape index (κ2) is 8.82. The van der Waals surface area contributed by atoms with E-state index in [0.29, 0.717) is 19.2 Å². The number of rotatable bonds is 4. The minimum Gasteiger partial charge on any atom is -0.445 e. The van der Waals surface area contributed by atoms with Gasteiger partial charge in [-0.05, 0) is 24.0 Å². The van der Waals surface area contributed by atoms with Gasteiger partial charge in [-0.3, -0.25) is 0 Å². The number of hydrogen-bond acceptors (Lipinski definition) is 3. The highest BCUT2D eigenvalue weighted by Gasteiger charge is 2.16. The summed E-state index contributed by atoms with van der Waals surface area (Å²) in [6.07, 6.45) is 5.51. The van der Waals surface area contributed by atoms with Crippen molar-refractivity contribution >= 4 is 18.5 Å². The summed E-state index contributed by atoms with van der Waals surface area (Å²) < 4.78 is 5.22. The Kier molecular flexibility index (Phi) is 7.41. The molecule has 20 heavy (non-hydrogen) atoms. The van der Waals surface area contributed by atoms with Gasteiger partial charge in [0.05, 0.1) is 0 Å². The summed E-state index contributed by atoms with van der Waals surface area (Å²) in [5.41, 5.74) is 7.59. The monoisotopic (exact) mass is 298 g/mol. The molecular formula is C15H23ClN2O2. The van der Waals surface area contributed by atoms with E-state index >= 15 is 0 Å². The van der Waals surface area contributed by atoms with E-state index in [4.69, 9.17) is 10.5 Å². The fraction of sp³-hybridized carbons (Fsp3) is 0.533. The van der Waals surface area contributed by atoms with E-state index in [-0.39, 0.29) is 18.5 Å². The molecule has 0 heterocycles. The summed E-state index contributed by atoms with van der Waals surface area (Å²) in [7, 11) is 0. The third-order valence-electron chi connectivity index (χ3n) is 3.56. The molecule has 1 fully saturated rings. The van der Waals surface area contributed by atoms with Crippen molar-refractivity contribution in [2.24, 2.45) is 5.73 Å². The molecule has 0 aliphatic heterocycles. The molecule has 0 aromatic heterocycles. The van der Waals surface area contributed by atoms with Crippen molar-refractivity contribution in [1.82, 2.24) is 5.32 Å². The molecule has 0 bridgehead atoms. The van der Waals surface area contributed by atoms with Gasteiger partial charge in [-0.15, -0.1) is 12.4 Å².